The van der Waals surface area contributed by atoms with Gasteiger partial charge in [-0.1, -0.05) is 6.08 Å². The van der Waals surface area contributed by atoms with Crippen LogP contribution in [0.1, 0.15) is 12.0 Å². The van der Waals surface area contributed by atoms with E-state index >= 15 is 0 Å². The van der Waals surface area contributed by atoms with Gasteiger partial charge >= 0.3 is 5.76 Å². The van der Waals surface area contributed by atoms with Crippen LogP contribution in [0.2, 0.25) is 0 Å². The molecule has 0 aliphatic carbocycles. The monoisotopic (exact) mass is 406 g/mol. The van der Waals surface area contributed by atoms with E-state index in [2.05, 4.69) is 11.1 Å². The fourth-order valence-corrected chi connectivity index (χ4v) is 4.18. The first-order chi connectivity index (χ1) is 13.4. The van der Waals surface area contributed by atoms with Crippen LogP contribution in [-0.4, -0.2) is 32.2 Å². The number of sulfone groups is 1. The minimum atomic E-state index is -4.58. The van der Waals surface area contributed by atoms with Gasteiger partial charge in [-0.15, -0.1) is 0 Å². The smallest absolute Gasteiger partial charge is 0.341 e. The second-order valence-corrected chi connectivity index (χ2v) is 8.53. The zero-order valence-electron chi connectivity index (χ0n) is 14.7. The Bertz CT molecular complexity index is 1150. The highest BCUT2D eigenvalue weighted by atomic mass is 32.2. The van der Waals surface area contributed by atoms with E-state index in [0.29, 0.717) is 13.1 Å². The molecule has 1 aromatic heterocycles. The van der Waals surface area contributed by atoms with Crippen LogP contribution in [0.15, 0.2) is 59.6 Å². The van der Waals surface area contributed by atoms with E-state index in [1.807, 2.05) is 11.1 Å². The Morgan fingerprint density at radius 1 is 1.07 bits per heavy atom. The molecule has 0 saturated heterocycles. The molecular formula is C20H17F3N2O2S. The highest BCUT2D eigenvalue weighted by Crippen LogP contribution is 2.31. The number of rotatable bonds is 4. The molecule has 8 heteroatoms. The number of nitrogens with zero attached hydrogens (tertiary/aromatic N) is 1. The standard InChI is InChI=1S/C20H17F3N2O2S/c21-14-1-6-17-18(12-24-19(17)11-14)13-7-9-25(10-8-13)15-2-4-16(5-3-15)28(26,27)20(22)23/h1-7,11-12,20,24H,8-10H2. The van der Waals surface area contributed by atoms with Crippen molar-refractivity contribution in [2.75, 3.05) is 18.0 Å². The summed E-state index contributed by atoms with van der Waals surface area (Å²) in [6.45, 7) is 1.30. The number of benzene rings is 2. The van der Waals surface area contributed by atoms with E-state index in [1.54, 1.807) is 18.2 Å². The molecule has 0 unspecified atom stereocenters. The summed E-state index contributed by atoms with van der Waals surface area (Å²) in [5.41, 5.74) is 3.69. The molecule has 1 N–H and O–H groups in total. The number of fused-ring (bicyclic) bond motifs is 1. The van der Waals surface area contributed by atoms with Crippen molar-refractivity contribution in [1.82, 2.24) is 4.98 Å². The first-order valence-corrected chi connectivity index (χ1v) is 10.2. The van der Waals surface area contributed by atoms with E-state index in [9.17, 15) is 21.6 Å². The Morgan fingerprint density at radius 2 is 1.82 bits per heavy atom. The summed E-state index contributed by atoms with van der Waals surface area (Å²) in [6.07, 6.45) is 4.69. The predicted molar refractivity (Wildman–Crippen MR) is 103 cm³/mol. The van der Waals surface area contributed by atoms with Crippen LogP contribution < -0.4 is 4.90 Å². The molecule has 28 heavy (non-hydrogen) atoms. The zero-order chi connectivity index (χ0) is 19.9. The van der Waals surface area contributed by atoms with Crippen molar-refractivity contribution in [2.24, 2.45) is 0 Å². The summed E-state index contributed by atoms with van der Waals surface area (Å²) in [7, 11) is -4.58. The molecule has 0 amide bonds. The Balaban J connectivity index is 1.54. The number of H-pyrrole nitrogens is 1. The summed E-state index contributed by atoms with van der Waals surface area (Å²) in [5, 5.41) is 0.961. The molecule has 2 heterocycles. The summed E-state index contributed by atoms with van der Waals surface area (Å²) in [6, 6.07) is 10.2. The lowest BCUT2D eigenvalue weighted by Gasteiger charge is -2.28. The van der Waals surface area contributed by atoms with E-state index in [4.69, 9.17) is 0 Å². The molecule has 1 aliphatic rings. The van der Waals surface area contributed by atoms with Crippen molar-refractivity contribution in [3.05, 3.63) is 66.1 Å². The van der Waals surface area contributed by atoms with Crippen LogP contribution in [0.4, 0.5) is 18.9 Å². The number of aromatic nitrogens is 1. The number of halogens is 3. The Morgan fingerprint density at radius 3 is 2.46 bits per heavy atom. The molecule has 4 rings (SSSR count). The Hall–Kier alpha value is -2.74. The minimum Gasteiger partial charge on any atom is -0.367 e. The van der Waals surface area contributed by atoms with Crippen molar-refractivity contribution >= 4 is 32.0 Å². The number of hydrogen-bond acceptors (Lipinski definition) is 3. The summed E-state index contributed by atoms with van der Waals surface area (Å²) < 4.78 is 61.7. The topological polar surface area (TPSA) is 53.2 Å². The first kappa shape index (κ1) is 18.6. The lowest BCUT2D eigenvalue weighted by Crippen LogP contribution is -2.28. The third kappa shape index (κ3) is 3.28. The van der Waals surface area contributed by atoms with Crippen LogP contribution in [0.5, 0.6) is 0 Å². The highest BCUT2D eigenvalue weighted by Gasteiger charge is 2.26. The average molecular weight is 406 g/mol. The second-order valence-electron chi connectivity index (χ2n) is 6.62. The molecule has 4 nitrogen and oxygen atoms in total. The summed E-state index contributed by atoms with van der Waals surface area (Å²) in [5.74, 6) is -3.72. The average Bonchev–Trinajstić information content (AvgIpc) is 3.11. The Kier molecular flexibility index (Phi) is 4.66. The van der Waals surface area contributed by atoms with E-state index in [-0.39, 0.29) is 10.7 Å². The summed E-state index contributed by atoms with van der Waals surface area (Å²) in [4.78, 5) is 4.74. The van der Waals surface area contributed by atoms with Crippen molar-refractivity contribution in [1.29, 1.82) is 0 Å². The molecule has 0 radical (unpaired) electrons. The zero-order valence-corrected chi connectivity index (χ0v) is 15.5. The van der Waals surface area contributed by atoms with E-state index < -0.39 is 15.6 Å². The van der Waals surface area contributed by atoms with Gasteiger partial charge in [-0.2, -0.15) is 8.78 Å². The lowest BCUT2D eigenvalue weighted by molar-refractivity contribution is 0.234. The maximum Gasteiger partial charge on any atom is 0.341 e. The Labute approximate surface area is 160 Å². The molecule has 0 atom stereocenters. The second kappa shape index (κ2) is 7.01. The highest BCUT2D eigenvalue weighted by molar-refractivity contribution is 7.91. The SMILES string of the molecule is O=S(=O)(c1ccc(N2CC=C(c3c[nH]c4cc(F)ccc34)CC2)cc1)C(F)F. The van der Waals surface area contributed by atoms with Crippen molar-refractivity contribution < 1.29 is 21.6 Å². The van der Waals surface area contributed by atoms with Crippen LogP contribution in [0.25, 0.3) is 16.5 Å². The van der Waals surface area contributed by atoms with Crippen molar-refractivity contribution in [3.63, 3.8) is 0 Å². The van der Waals surface area contributed by atoms with Gasteiger partial charge in [-0.25, -0.2) is 12.8 Å². The molecule has 1 aliphatic heterocycles. The maximum atomic E-state index is 13.4. The largest absolute Gasteiger partial charge is 0.367 e. The van der Waals surface area contributed by atoms with E-state index in [0.717, 1.165) is 34.1 Å². The van der Waals surface area contributed by atoms with Crippen molar-refractivity contribution in [3.8, 4) is 0 Å². The van der Waals surface area contributed by atoms with Crippen LogP contribution in [0, 0.1) is 5.82 Å². The van der Waals surface area contributed by atoms with Crippen molar-refractivity contribution in [2.45, 2.75) is 17.1 Å². The normalized spacial score (nSPS) is 15.3. The van der Waals surface area contributed by atoms with Crippen LogP contribution in [0.3, 0.4) is 0 Å². The number of anilines is 1. The molecule has 0 bridgehead atoms. The number of alkyl halides is 2. The molecule has 146 valence electrons. The number of aromatic amines is 1. The fraction of sp³-hybridized carbons (Fsp3) is 0.200. The fourth-order valence-electron chi connectivity index (χ4n) is 3.46. The number of nitrogens with one attached hydrogen (secondary N) is 1. The number of hydrogen-bond donors (Lipinski definition) is 1. The maximum absolute atomic E-state index is 13.4. The van der Waals surface area contributed by atoms with Gasteiger partial charge in [0, 0.05) is 41.4 Å². The predicted octanol–water partition coefficient (Wildman–Crippen LogP) is 4.60. The quantitative estimate of drug-likeness (QED) is 0.689. The van der Waals surface area contributed by atoms with Gasteiger partial charge in [0.05, 0.1) is 4.90 Å². The van der Waals surface area contributed by atoms with Gasteiger partial charge < -0.3 is 9.88 Å². The lowest BCUT2D eigenvalue weighted by atomic mass is 9.98. The van der Waals surface area contributed by atoms with Gasteiger partial charge in [0.1, 0.15) is 5.82 Å². The first-order valence-electron chi connectivity index (χ1n) is 8.69. The molecule has 0 saturated carbocycles. The third-order valence-electron chi connectivity index (χ3n) is 4.96. The molecular weight excluding hydrogens is 389 g/mol. The van der Waals surface area contributed by atoms with Crippen LogP contribution >= 0.6 is 0 Å². The van der Waals surface area contributed by atoms with E-state index in [1.165, 1.54) is 24.3 Å². The van der Waals surface area contributed by atoms with Gasteiger partial charge in [0.15, 0.2) is 0 Å². The minimum absolute atomic E-state index is 0.290. The third-order valence-corrected chi connectivity index (χ3v) is 6.36. The molecule has 0 spiro atoms. The van der Waals surface area contributed by atoms with Gasteiger partial charge in [0.2, 0.25) is 9.84 Å². The molecule has 2 aromatic carbocycles. The summed E-state index contributed by atoms with van der Waals surface area (Å²) >= 11 is 0. The van der Waals surface area contributed by atoms with Gasteiger partial charge in [0.25, 0.3) is 0 Å². The molecule has 3 aromatic rings. The van der Waals surface area contributed by atoms with Gasteiger partial charge in [-0.3, -0.25) is 0 Å². The van der Waals surface area contributed by atoms with Gasteiger partial charge in [-0.05, 0) is 54.5 Å². The van der Waals surface area contributed by atoms with Crippen LogP contribution in [-0.2, 0) is 9.84 Å². The molecule has 0 fully saturated rings.